The summed E-state index contributed by atoms with van der Waals surface area (Å²) in [6, 6.07) is 60.1. The number of pyridine rings is 1. The van der Waals surface area contributed by atoms with Gasteiger partial charge in [0.15, 0.2) is 11.4 Å². The van der Waals surface area contributed by atoms with E-state index in [4.69, 9.17) is 9.41 Å². The number of nitrogens with zero attached hydrogens (tertiary/aromatic N) is 4. The number of hydrogen-bond donors (Lipinski definition) is 1. The summed E-state index contributed by atoms with van der Waals surface area (Å²) in [5.41, 5.74) is 9.25. The quantitative estimate of drug-likeness (QED) is 0.197. The van der Waals surface area contributed by atoms with Gasteiger partial charge in [-0.05, 0) is 96.6 Å². The summed E-state index contributed by atoms with van der Waals surface area (Å²) < 4.78 is 11.8. The van der Waals surface area contributed by atoms with Crippen LogP contribution >= 0.6 is 0 Å². The van der Waals surface area contributed by atoms with Gasteiger partial charge in [-0.25, -0.2) is 4.99 Å². The van der Waals surface area contributed by atoms with Gasteiger partial charge in [-0.3, -0.25) is 4.98 Å². The Balaban J connectivity index is 1.13. The fraction of sp³-hybridized carbons (Fsp3) is 0.0400. The van der Waals surface area contributed by atoms with Crippen molar-refractivity contribution in [3.63, 3.8) is 0 Å². The Bertz CT molecular complexity index is 3410. The van der Waals surface area contributed by atoms with Crippen molar-refractivity contribution >= 4 is 76.9 Å². The van der Waals surface area contributed by atoms with Gasteiger partial charge in [0.1, 0.15) is 17.1 Å². The van der Waals surface area contributed by atoms with Crippen LogP contribution in [0.2, 0.25) is 0 Å². The van der Waals surface area contributed by atoms with Crippen LogP contribution < -0.4 is 5.32 Å². The number of amidine groups is 1. The Kier molecular flexibility index (Phi) is 6.38. The molecule has 1 aliphatic rings. The first-order valence-corrected chi connectivity index (χ1v) is 19.0. The maximum atomic E-state index is 7.02. The third-order valence-electron chi connectivity index (χ3n) is 11.6. The van der Waals surface area contributed by atoms with Gasteiger partial charge < -0.3 is 18.9 Å². The number of nitrogens with one attached hydrogen (secondary N) is 1. The lowest BCUT2D eigenvalue weighted by Gasteiger charge is -2.36. The van der Waals surface area contributed by atoms with E-state index in [0.717, 1.165) is 67.3 Å². The summed E-state index contributed by atoms with van der Waals surface area (Å²) in [5.74, 6) is 1.54. The Morgan fingerprint density at radius 1 is 0.536 bits per heavy atom. The summed E-state index contributed by atoms with van der Waals surface area (Å²) in [6.07, 6.45) is 1.82. The highest BCUT2D eigenvalue weighted by Crippen LogP contribution is 2.47. The summed E-state index contributed by atoms with van der Waals surface area (Å²) in [5, 5.41) is 12.1. The minimum Gasteiger partial charge on any atom is -0.454 e. The first kappa shape index (κ1) is 31.0. The van der Waals surface area contributed by atoms with Crippen LogP contribution in [-0.4, -0.2) is 20.0 Å². The zero-order valence-corrected chi connectivity index (χ0v) is 30.4. The number of para-hydroxylation sites is 3. The van der Waals surface area contributed by atoms with Crippen LogP contribution in [0.5, 0.6) is 0 Å². The van der Waals surface area contributed by atoms with Gasteiger partial charge in [-0.2, -0.15) is 0 Å². The molecule has 264 valence electrons. The zero-order chi connectivity index (χ0) is 37.0. The van der Waals surface area contributed by atoms with Crippen LogP contribution in [0.4, 0.5) is 5.69 Å². The smallest absolute Gasteiger partial charge is 0.177 e. The van der Waals surface area contributed by atoms with Gasteiger partial charge >= 0.3 is 0 Å². The first-order chi connectivity index (χ1) is 27.6. The second-order valence-corrected chi connectivity index (χ2v) is 14.9. The number of benzene rings is 7. The summed E-state index contributed by atoms with van der Waals surface area (Å²) in [6.45, 7) is 2.23. The number of aromatic nitrogens is 3. The summed E-state index contributed by atoms with van der Waals surface area (Å²) in [4.78, 5) is 10.1. The molecule has 11 aromatic rings. The van der Waals surface area contributed by atoms with E-state index in [1.807, 2.05) is 24.4 Å². The van der Waals surface area contributed by atoms with Crippen molar-refractivity contribution in [2.24, 2.45) is 4.99 Å². The van der Waals surface area contributed by atoms with Crippen LogP contribution in [0, 0.1) is 0 Å². The predicted molar refractivity (Wildman–Crippen MR) is 229 cm³/mol. The van der Waals surface area contributed by atoms with E-state index in [1.165, 1.54) is 37.8 Å². The lowest BCUT2D eigenvalue weighted by atomic mass is 10.00. The van der Waals surface area contributed by atoms with E-state index >= 15 is 0 Å². The van der Waals surface area contributed by atoms with Crippen molar-refractivity contribution in [3.05, 3.63) is 187 Å². The van der Waals surface area contributed by atoms with Crippen molar-refractivity contribution in [1.29, 1.82) is 0 Å². The van der Waals surface area contributed by atoms with Gasteiger partial charge in [0.25, 0.3) is 0 Å². The molecule has 0 saturated carbocycles. The van der Waals surface area contributed by atoms with E-state index in [9.17, 15) is 0 Å². The fourth-order valence-corrected chi connectivity index (χ4v) is 9.05. The topological polar surface area (TPSA) is 60.3 Å². The van der Waals surface area contributed by atoms with Crippen LogP contribution in [0.1, 0.15) is 18.2 Å². The molecule has 4 aromatic heterocycles. The van der Waals surface area contributed by atoms with Crippen molar-refractivity contribution in [2.45, 2.75) is 12.6 Å². The van der Waals surface area contributed by atoms with Crippen molar-refractivity contribution in [2.75, 3.05) is 0 Å². The maximum absolute atomic E-state index is 7.02. The Morgan fingerprint density at radius 2 is 1.21 bits per heavy atom. The largest absolute Gasteiger partial charge is 0.454 e. The van der Waals surface area contributed by atoms with E-state index in [-0.39, 0.29) is 0 Å². The third kappa shape index (κ3) is 4.38. The van der Waals surface area contributed by atoms with Gasteiger partial charge in [0.05, 0.1) is 27.8 Å². The van der Waals surface area contributed by atoms with Crippen molar-refractivity contribution in [1.82, 2.24) is 19.4 Å². The Morgan fingerprint density at radius 3 is 2.04 bits per heavy atom. The second-order valence-electron chi connectivity index (χ2n) is 14.9. The van der Waals surface area contributed by atoms with Crippen molar-refractivity contribution in [3.8, 4) is 16.9 Å². The van der Waals surface area contributed by atoms with Gasteiger partial charge in [-0.15, -0.1) is 0 Å². The normalized spacial score (nSPS) is 15.6. The number of fused-ring (bicyclic) bond motifs is 10. The highest BCUT2D eigenvalue weighted by atomic mass is 16.3. The zero-order valence-electron chi connectivity index (χ0n) is 30.4. The molecular formula is C50H33N5O. The number of aliphatic imine (C=N–C) groups is 1. The highest BCUT2D eigenvalue weighted by Gasteiger charge is 2.42. The minimum atomic E-state index is -0.882. The Labute approximate surface area is 321 Å². The fourth-order valence-electron chi connectivity index (χ4n) is 9.05. The van der Waals surface area contributed by atoms with Gasteiger partial charge in [0.2, 0.25) is 0 Å². The average Bonchev–Trinajstić information content (AvgIpc) is 3.91. The Hall–Kier alpha value is -7.44. The van der Waals surface area contributed by atoms with Crippen LogP contribution in [0.25, 0.3) is 82.3 Å². The molecule has 1 aliphatic heterocycles. The van der Waals surface area contributed by atoms with E-state index in [2.05, 4.69) is 178 Å². The van der Waals surface area contributed by atoms with E-state index < -0.39 is 5.66 Å². The predicted octanol–water partition coefficient (Wildman–Crippen LogP) is 12.3. The molecule has 0 amide bonds. The lowest BCUT2D eigenvalue weighted by molar-refractivity contribution is 0.308. The molecule has 0 radical (unpaired) electrons. The van der Waals surface area contributed by atoms with Crippen LogP contribution in [0.3, 0.4) is 0 Å². The van der Waals surface area contributed by atoms with E-state index in [1.54, 1.807) is 0 Å². The molecule has 7 aromatic carbocycles. The monoisotopic (exact) mass is 719 g/mol. The van der Waals surface area contributed by atoms with Gasteiger partial charge in [0, 0.05) is 49.9 Å². The van der Waals surface area contributed by atoms with Crippen molar-refractivity contribution < 1.29 is 4.42 Å². The van der Waals surface area contributed by atoms with Gasteiger partial charge in [-0.1, -0.05) is 91.0 Å². The highest BCUT2D eigenvalue weighted by molar-refractivity contribution is 6.15. The molecule has 6 heteroatoms. The summed E-state index contributed by atoms with van der Waals surface area (Å²) >= 11 is 0. The molecule has 1 unspecified atom stereocenters. The third-order valence-corrected chi connectivity index (χ3v) is 11.6. The summed E-state index contributed by atoms with van der Waals surface area (Å²) in [7, 11) is 0. The molecule has 6 nitrogen and oxygen atoms in total. The number of hydrogen-bond acceptors (Lipinski definition) is 4. The SMILES string of the molecule is CC1(n2c3ccccc3c3cc4ccccc4cc32)NC(c2ccc3c(c2)c2ccccc2n3-c2ccccc2)=Nc2c1oc1cc(-c3ccccn3)ccc21. The first-order valence-electron chi connectivity index (χ1n) is 19.0. The maximum Gasteiger partial charge on any atom is 0.177 e. The van der Waals surface area contributed by atoms with E-state index in [0.29, 0.717) is 0 Å². The molecular weight excluding hydrogens is 687 g/mol. The molecule has 12 rings (SSSR count). The molecule has 0 saturated heterocycles. The molecule has 1 atom stereocenters. The van der Waals surface area contributed by atoms with Crippen LogP contribution in [-0.2, 0) is 5.66 Å². The average molecular weight is 720 g/mol. The molecule has 56 heavy (non-hydrogen) atoms. The molecule has 0 fully saturated rings. The standard InChI is InChI=1S/C50H33N5O/c1-50(55-44-21-10-8-18-37(44)40-27-31-13-5-6-14-32(31)29-45(40)55)48-47(38-24-22-33(30-46(38)56-48)41-19-11-12-26-51-41)52-49(53-50)34-23-25-43-39(28-34)36-17-7-9-20-42(36)54(43)35-15-3-2-4-16-35/h2-30H,1H3,(H,52,53). The van der Waals surface area contributed by atoms with Crippen LogP contribution in [0.15, 0.2) is 185 Å². The minimum absolute atomic E-state index is 0.756. The second kappa shape index (κ2) is 11.5. The molecule has 1 N–H and O–H groups in total. The number of furan rings is 1. The lowest BCUT2D eigenvalue weighted by Crippen LogP contribution is -2.50. The molecule has 5 heterocycles. The molecule has 0 bridgehead atoms. The molecule has 0 spiro atoms. The molecule has 0 aliphatic carbocycles. The number of rotatable bonds is 4.